The van der Waals surface area contributed by atoms with Crippen LogP contribution < -0.4 is 10.8 Å². The van der Waals surface area contributed by atoms with E-state index < -0.39 is 44.6 Å². The van der Waals surface area contributed by atoms with Gasteiger partial charge in [0.05, 0.1) is 19.5 Å². The second-order valence-electron chi connectivity index (χ2n) is 7.89. The summed E-state index contributed by atoms with van der Waals surface area (Å²) in [4.78, 5) is 23.2. The molecule has 0 spiro atoms. The highest BCUT2D eigenvalue weighted by atomic mass is 31.1. The molecule has 0 saturated heterocycles. The number of methoxy groups -OCH3 is 1. The second kappa shape index (κ2) is 12.8. The van der Waals surface area contributed by atoms with Crippen molar-refractivity contribution >= 4 is 31.1 Å². The fourth-order valence-electron chi connectivity index (χ4n) is 3.15. The highest BCUT2D eigenvalue weighted by molar-refractivity contribution is 7.36. The lowest BCUT2D eigenvalue weighted by Crippen LogP contribution is -2.49. The predicted molar refractivity (Wildman–Crippen MR) is 125 cm³/mol. The molecule has 0 amide bonds. The number of terminal acetylenes is 1. The van der Waals surface area contributed by atoms with Gasteiger partial charge < -0.3 is 24.9 Å². The Hall–Kier alpha value is -2.75. The molecule has 0 radical (unpaired) electrons. The van der Waals surface area contributed by atoms with Crippen molar-refractivity contribution in [1.29, 1.82) is 0 Å². The van der Waals surface area contributed by atoms with Crippen LogP contribution in [0.15, 0.2) is 6.33 Å². The zero-order chi connectivity index (χ0) is 26.2. The van der Waals surface area contributed by atoms with Crippen LogP contribution >= 0.6 is 8.18 Å². The normalized spacial score (nSPS) is 15.4. The van der Waals surface area contributed by atoms with E-state index in [2.05, 4.69) is 26.0 Å². The number of anilines is 1. The maximum atomic E-state index is 13.6. The number of hydrogen-bond acceptors (Lipinski definition) is 10. The number of nitrogen functional groups attached to an aromatic ring is 1. The molecule has 2 aromatic rings. The van der Waals surface area contributed by atoms with Crippen molar-refractivity contribution in [2.24, 2.45) is 5.92 Å². The standard InChI is InChI=1S/C21H31FN6O6P/c1-6-14(7-2)10-33-19(30)13(4)27-35(31)34-11-21(8-3,32-5)15(29)9-28-12-24-16-17(23)25-20(22)26-18(16)28/h3,12-15,29H,6-7,9-11H2,1-2,4-5H3,(H,27,31)(H2,23,25,26)/q+1/t13-,15-,21+/m0/s1. The maximum Gasteiger partial charge on any atom is 0.613 e. The average molecular weight is 513 g/mol. The number of imidazole rings is 1. The molecule has 0 bridgehead atoms. The average Bonchev–Trinajstić information content (AvgIpc) is 3.23. The first-order valence-corrected chi connectivity index (χ1v) is 12.2. The van der Waals surface area contributed by atoms with Crippen molar-refractivity contribution in [3.63, 3.8) is 0 Å². The first-order chi connectivity index (χ1) is 16.6. The van der Waals surface area contributed by atoms with Gasteiger partial charge in [0, 0.05) is 7.11 Å². The molecular formula is C21H31FN6O6P+. The van der Waals surface area contributed by atoms with Gasteiger partial charge in [0.25, 0.3) is 0 Å². The number of esters is 1. The quantitative estimate of drug-likeness (QED) is 0.145. The SMILES string of the molecule is C#C[C@](CO[P+](=O)N[C@@H](C)C(=O)OCC(CC)CC)(OC)[C@@H](O)Cn1cnc2c(N)nc(F)nc21. The molecule has 2 rings (SSSR count). The lowest BCUT2D eigenvalue weighted by atomic mass is 9.98. The molecule has 14 heteroatoms. The van der Waals surface area contributed by atoms with E-state index >= 15 is 0 Å². The topological polar surface area (TPSA) is 164 Å². The van der Waals surface area contributed by atoms with Gasteiger partial charge in [0.15, 0.2) is 17.1 Å². The maximum absolute atomic E-state index is 13.6. The molecule has 0 fully saturated rings. The molecule has 2 heterocycles. The smallest absolute Gasteiger partial charge is 0.464 e. The number of nitrogens with one attached hydrogen (secondary N) is 1. The lowest BCUT2D eigenvalue weighted by molar-refractivity contribution is -0.146. The number of carbonyl (C=O) groups is 1. The Morgan fingerprint density at radius 3 is 2.71 bits per heavy atom. The summed E-state index contributed by atoms with van der Waals surface area (Å²) >= 11 is 0. The number of aliphatic hydroxyl groups is 1. The van der Waals surface area contributed by atoms with Gasteiger partial charge in [0.1, 0.15) is 24.3 Å². The number of halogens is 1. The number of ether oxygens (including phenoxy) is 2. The van der Waals surface area contributed by atoms with Crippen LogP contribution in [0.3, 0.4) is 0 Å². The van der Waals surface area contributed by atoms with Crippen LogP contribution in [0.2, 0.25) is 0 Å². The third kappa shape index (κ3) is 7.13. The number of hydrogen-bond donors (Lipinski definition) is 3. The van der Waals surface area contributed by atoms with Crippen molar-refractivity contribution in [2.75, 3.05) is 26.1 Å². The molecule has 1 unspecified atom stereocenters. The second-order valence-corrected chi connectivity index (χ2v) is 8.93. The molecular weight excluding hydrogens is 482 g/mol. The summed E-state index contributed by atoms with van der Waals surface area (Å²) in [7, 11) is -1.32. The monoisotopic (exact) mass is 513 g/mol. The number of aliphatic hydroxyl groups excluding tert-OH is 1. The number of carbonyl (C=O) groups excluding carboxylic acids is 1. The Morgan fingerprint density at radius 1 is 1.43 bits per heavy atom. The van der Waals surface area contributed by atoms with Crippen molar-refractivity contribution in [3.8, 4) is 12.3 Å². The fourth-order valence-corrected chi connectivity index (χ4v) is 3.95. The predicted octanol–water partition coefficient (Wildman–Crippen LogP) is 1.56. The summed E-state index contributed by atoms with van der Waals surface area (Å²) in [5.74, 6) is 1.84. The van der Waals surface area contributed by atoms with Crippen LogP contribution in [0.4, 0.5) is 10.2 Å². The lowest BCUT2D eigenvalue weighted by Gasteiger charge is -2.30. The van der Waals surface area contributed by atoms with Gasteiger partial charge in [-0.25, -0.2) is 4.98 Å². The van der Waals surface area contributed by atoms with E-state index in [4.69, 9.17) is 26.2 Å². The van der Waals surface area contributed by atoms with Crippen LogP contribution in [0.5, 0.6) is 0 Å². The molecule has 192 valence electrons. The van der Waals surface area contributed by atoms with E-state index in [0.717, 1.165) is 12.8 Å². The number of nitrogens with zero attached hydrogens (tertiary/aromatic N) is 4. The first kappa shape index (κ1) is 28.5. The molecule has 0 aliphatic carbocycles. The van der Waals surface area contributed by atoms with Crippen molar-refractivity contribution < 1.29 is 32.9 Å². The van der Waals surface area contributed by atoms with E-state index in [-0.39, 0.29) is 36.1 Å². The summed E-state index contributed by atoms with van der Waals surface area (Å²) in [6.07, 6.45) is 6.17. The summed E-state index contributed by atoms with van der Waals surface area (Å²) in [5, 5.41) is 13.3. The van der Waals surface area contributed by atoms with Gasteiger partial charge in [-0.1, -0.05) is 37.7 Å². The minimum absolute atomic E-state index is 0.0467. The number of nitrogens with two attached hydrogens (primary N) is 1. The summed E-state index contributed by atoms with van der Waals surface area (Å²) in [6, 6.07) is -0.905. The van der Waals surface area contributed by atoms with Crippen LogP contribution in [0, 0.1) is 24.3 Å². The first-order valence-electron chi connectivity index (χ1n) is 11.0. The van der Waals surface area contributed by atoms with Crippen LogP contribution in [0.1, 0.15) is 33.6 Å². The van der Waals surface area contributed by atoms with E-state index in [1.807, 2.05) is 13.8 Å². The van der Waals surface area contributed by atoms with Gasteiger partial charge in [0.2, 0.25) is 0 Å². The van der Waals surface area contributed by atoms with Gasteiger partial charge in [-0.15, -0.1) is 10.9 Å². The molecule has 12 nitrogen and oxygen atoms in total. The number of aromatic nitrogens is 4. The van der Waals surface area contributed by atoms with Crippen LogP contribution in [-0.4, -0.2) is 68.7 Å². The Kier molecular flexibility index (Phi) is 10.4. The third-order valence-corrected chi connectivity index (χ3v) is 6.61. The van der Waals surface area contributed by atoms with Crippen molar-refractivity contribution in [1.82, 2.24) is 24.6 Å². The summed E-state index contributed by atoms with van der Waals surface area (Å²) < 4.78 is 43.2. The van der Waals surface area contributed by atoms with Gasteiger partial charge in [-0.2, -0.15) is 14.4 Å². The molecule has 4 atom stereocenters. The van der Waals surface area contributed by atoms with Gasteiger partial charge >= 0.3 is 20.2 Å². The molecule has 0 aliphatic rings. The highest BCUT2D eigenvalue weighted by Gasteiger charge is 2.41. The summed E-state index contributed by atoms with van der Waals surface area (Å²) in [6.45, 7) is 5.06. The molecule has 2 aromatic heterocycles. The molecule has 4 N–H and O–H groups in total. The van der Waals surface area contributed by atoms with E-state index in [9.17, 15) is 18.9 Å². The van der Waals surface area contributed by atoms with Crippen LogP contribution in [-0.2, 0) is 29.9 Å². The molecule has 0 aromatic carbocycles. The fraction of sp³-hybridized carbons (Fsp3) is 0.619. The molecule has 0 aliphatic heterocycles. The largest absolute Gasteiger partial charge is 0.613 e. The minimum Gasteiger partial charge on any atom is -0.464 e. The molecule has 35 heavy (non-hydrogen) atoms. The molecule has 0 saturated carbocycles. The zero-order valence-electron chi connectivity index (χ0n) is 20.1. The third-order valence-electron chi connectivity index (χ3n) is 5.64. The number of fused-ring (bicyclic) bond motifs is 1. The van der Waals surface area contributed by atoms with Crippen molar-refractivity contribution in [3.05, 3.63) is 12.4 Å². The number of rotatable bonds is 14. The Bertz CT molecular complexity index is 1070. The van der Waals surface area contributed by atoms with Crippen molar-refractivity contribution in [2.45, 2.75) is 57.9 Å². The Morgan fingerprint density at radius 2 is 2.11 bits per heavy atom. The van der Waals surface area contributed by atoms with Gasteiger partial charge in [-0.05, 0) is 17.4 Å². The van der Waals surface area contributed by atoms with E-state index in [1.165, 1.54) is 24.9 Å². The zero-order valence-corrected chi connectivity index (χ0v) is 21.0. The van der Waals surface area contributed by atoms with E-state index in [0.29, 0.717) is 0 Å². The minimum atomic E-state index is -2.57. The van der Waals surface area contributed by atoms with Crippen LogP contribution in [0.25, 0.3) is 11.2 Å². The van der Waals surface area contributed by atoms with E-state index in [1.54, 1.807) is 0 Å². The van der Waals surface area contributed by atoms with Gasteiger partial charge in [-0.3, -0.25) is 4.79 Å². The Balaban J connectivity index is 2.01. The highest BCUT2D eigenvalue weighted by Crippen LogP contribution is 2.26. The Labute approximate surface area is 203 Å². The summed E-state index contributed by atoms with van der Waals surface area (Å²) in [5.41, 5.74) is 4.11.